The van der Waals surface area contributed by atoms with Crippen molar-refractivity contribution in [1.29, 1.82) is 0 Å². The van der Waals surface area contributed by atoms with E-state index in [4.69, 9.17) is 12.2 Å². The quantitative estimate of drug-likeness (QED) is 0.830. The summed E-state index contributed by atoms with van der Waals surface area (Å²) in [6.07, 6.45) is -0.729. The van der Waals surface area contributed by atoms with Gasteiger partial charge in [-0.3, -0.25) is 5.32 Å². The van der Waals surface area contributed by atoms with Gasteiger partial charge in [-0.25, -0.2) is 4.79 Å². The highest BCUT2D eigenvalue weighted by molar-refractivity contribution is 7.80. The zero-order valence-electron chi connectivity index (χ0n) is 9.28. The Bertz CT molecular complexity index is 443. The maximum Gasteiger partial charge on any atom is 0.413 e. The molecule has 0 bridgehead atoms. The molecule has 0 radical (unpaired) electrons. The second-order valence-corrected chi connectivity index (χ2v) is 3.39. The summed E-state index contributed by atoms with van der Waals surface area (Å²) < 4.78 is 32.5. The number of alkyl halides is 2. The Labute approximate surface area is 107 Å². The second-order valence-electron chi connectivity index (χ2n) is 2.98. The van der Waals surface area contributed by atoms with Gasteiger partial charge in [-0.05, 0) is 24.4 Å². The van der Waals surface area contributed by atoms with E-state index >= 15 is 0 Å². The number of nitrogens with one attached hydrogen (secondary N) is 2. The third-order valence-corrected chi connectivity index (χ3v) is 1.92. The van der Waals surface area contributed by atoms with Crippen molar-refractivity contribution >= 4 is 29.1 Å². The fraction of sp³-hybridized carbons (Fsp3) is 0.200. The third kappa shape index (κ3) is 4.91. The number of ether oxygens (including phenoxy) is 2. The molecule has 0 spiro atoms. The molecular formula is C10H10F2N2O3S. The number of halogens is 2. The molecule has 1 aromatic carbocycles. The predicted octanol–water partition coefficient (Wildman–Crippen LogP) is 2.34. The van der Waals surface area contributed by atoms with Gasteiger partial charge in [0, 0.05) is 11.8 Å². The molecule has 0 saturated heterocycles. The minimum Gasteiger partial charge on any atom is -0.453 e. The van der Waals surface area contributed by atoms with Crippen molar-refractivity contribution in [3.63, 3.8) is 0 Å². The van der Waals surface area contributed by atoms with Crippen LogP contribution < -0.4 is 15.4 Å². The SMILES string of the molecule is COC(=O)NC(=S)Nc1cccc(OC(F)F)c1. The van der Waals surface area contributed by atoms with E-state index < -0.39 is 12.7 Å². The summed E-state index contributed by atoms with van der Waals surface area (Å²) in [5, 5.41) is 4.81. The van der Waals surface area contributed by atoms with Crippen molar-refractivity contribution in [2.75, 3.05) is 12.4 Å². The first-order chi connectivity index (χ1) is 8.51. The van der Waals surface area contributed by atoms with Gasteiger partial charge in [-0.15, -0.1) is 0 Å². The summed E-state index contributed by atoms with van der Waals surface area (Å²) in [5.74, 6) is -0.0177. The summed E-state index contributed by atoms with van der Waals surface area (Å²) in [6.45, 7) is -2.90. The van der Waals surface area contributed by atoms with Gasteiger partial charge in [0.25, 0.3) is 0 Å². The number of rotatable bonds is 3. The van der Waals surface area contributed by atoms with E-state index in [2.05, 4.69) is 20.1 Å². The molecule has 1 amide bonds. The minimum absolute atomic E-state index is 0.0175. The van der Waals surface area contributed by atoms with Gasteiger partial charge < -0.3 is 14.8 Å². The lowest BCUT2D eigenvalue weighted by Gasteiger charge is -2.10. The number of benzene rings is 1. The molecule has 0 aliphatic heterocycles. The maximum atomic E-state index is 12.0. The molecule has 0 heterocycles. The molecule has 0 aromatic heterocycles. The van der Waals surface area contributed by atoms with Gasteiger partial charge in [0.15, 0.2) is 5.11 Å². The average Bonchev–Trinajstić information content (AvgIpc) is 2.28. The standard InChI is InChI=1S/C10H10F2N2O3S/c1-16-10(15)14-9(18)13-6-3-2-4-7(5-6)17-8(11)12/h2-5,8H,1H3,(H2,13,14,15,18). The lowest BCUT2D eigenvalue weighted by molar-refractivity contribution is -0.0498. The topological polar surface area (TPSA) is 59.6 Å². The number of amides is 1. The molecule has 18 heavy (non-hydrogen) atoms. The van der Waals surface area contributed by atoms with E-state index in [0.717, 1.165) is 0 Å². The lowest BCUT2D eigenvalue weighted by atomic mass is 10.3. The lowest BCUT2D eigenvalue weighted by Crippen LogP contribution is -2.33. The molecule has 0 aliphatic carbocycles. The number of carbonyl (C=O) groups excluding carboxylic acids is 1. The van der Waals surface area contributed by atoms with E-state index in [1.165, 1.54) is 25.3 Å². The van der Waals surface area contributed by atoms with Crippen LogP contribution in [0.4, 0.5) is 19.3 Å². The van der Waals surface area contributed by atoms with Crippen molar-refractivity contribution in [1.82, 2.24) is 5.32 Å². The van der Waals surface area contributed by atoms with Crippen LogP contribution in [0.2, 0.25) is 0 Å². The van der Waals surface area contributed by atoms with Crippen LogP contribution >= 0.6 is 12.2 Å². The van der Waals surface area contributed by atoms with Crippen LogP contribution in [0.15, 0.2) is 24.3 Å². The highest BCUT2D eigenvalue weighted by Crippen LogP contribution is 2.19. The van der Waals surface area contributed by atoms with Crippen LogP contribution in [0.1, 0.15) is 0 Å². The van der Waals surface area contributed by atoms with Crippen molar-refractivity contribution in [2.45, 2.75) is 6.61 Å². The zero-order valence-corrected chi connectivity index (χ0v) is 10.1. The van der Waals surface area contributed by atoms with Gasteiger partial charge in [0.05, 0.1) is 7.11 Å². The van der Waals surface area contributed by atoms with E-state index in [9.17, 15) is 13.6 Å². The highest BCUT2D eigenvalue weighted by Gasteiger charge is 2.06. The van der Waals surface area contributed by atoms with Crippen molar-refractivity contribution in [3.05, 3.63) is 24.3 Å². The average molecular weight is 276 g/mol. The molecule has 8 heteroatoms. The summed E-state index contributed by atoms with van der Waals surface area (Å²) in [4.78, 5) is 10.8. The molecule has 0 unspecified atom stereocenters. The maximum absolute atomic E-state index is 12.0. The van der Waals surface area contributed by atoms with Gasteiger partial charge >= 0.3 is 12.7 Å². The zero-order chi connectivity index (χ0) is 13.5. The fourth-order valence-corrected chi connectivity index (χ4v) is 1.26. The number of methoxy groups -OCH3 is 1. The Morgan fingerprint density at radius 3 is 2.78 bits per heavy atom. The molecule has 98 valence electrons. The largest absolute Gasteiger partial charge is 0.453 e. The van der Waals surface area contributed by atoms with Gasteiger partial charge in [0.2, 0.25) is 0 Å². The molecule has 5 nitrogen and oxygen atoms in total. The van der Waals surface area contributed by atoms with Crippen LogP contribution in [0, 0.1) is 0 Å². The number of hydrogen-bond donors (Lipinski definition) is 2. The van der Waals surface area contributed by atoms with Crippen molar-refractivity contribution < 1.29 is 23.0 Å². The second kappa shape index (κ2) is 6.70. The Morgan fingerprint density at radius 2 is 2.17 bits per heavy atom. The highest BCUT2D eigenvalue weighted by atomic mass is 32.1. The van der Waals surface area contributed by atoms with Crippen LogP contribution in [0.3, 0.4) is 0 Å². The summed E-state index contributed by atoms with van der Waals surface area (Å²) >= 11 is 4.80. The molecule has 1 aromatic rings. The fourth-order valence-electron chi connectivity index (χ4n) is 1.06. The van der Waals surface area contributed by atoms with E-state index in [1.54, 1.807) is 6.07 Å². The van der Waals surface area contributed by atoms with Gasteiger partial charge in [0.1, 0.15) is 5.75 Å². The first-order valence-electron chi connectivity index (χ1n) is 4.72. The molecule has 0 saturated carbocycles. The van der Waals surface area contributed by atoms with Crippen LogP contribution in [-0.2, 0) is 4.74 Å². The normalized spacial score (nSPS) is 9.78. The van der Waals surface area contributed by atoms with Crippen molar-refractivity contribution in [3.8, 4) is 5.75 Å². The number of hydrogen-bond acceptors (Lipinski definition) is 4. The number of carbonyl (C=O) groups is 1. The summed E-state index contributed by atoms with van der Waals surface area (Å²) in [6, 6.07) is 5.76. The third-order valence-electron chi connectivity index (χ3n) is 1.72. The number of anilines is 1. The van der Waals surface area contributed by atoms with Crippen LogP contribution in [-0.4, -0.2) is 24.9 Å². The predicted molar refractivity (Wildman–Crippen MR) is 64.8 cm³/mol. The first kappa shape index (κ1) is 14.1. The number of alkyl carbamates (subject to hydrolysis) is 1. The van der Waals surface area contributed by atoms with Crippen LogP contribution in [0.5, 0.6) is 5.75 Å². The Kier molecular flexibility index (Phi) is 5.25. The van der Waals surface area contributed by atoms with E-state index in [1.807, 2.05) is 0 Å². The Balaban J connectivity index is 2.61. The number of thiocarbonyl (C=S) groups is 1. The molecule has 2 N–H and O–H groups in total. The Hall–Kier alpha value is -1.96. The van der Waals surface area contributed by atoms with E-state index in [0.29, 0.717) is 5.69 Å². The summed E-state index contributed by atoms with van der Waals surface area (Å²) in [7, 11) is 1.19. The minimum atomic E-state index is -2.90. The molecule has 0 fully saturated rings. The molecule has 1 rings (SSSR count). The first-order valence-corrected chi connectivity index (χ1v) is 5.13. The molecular weight excluding hydrogens is 266 g/mol. The monoisotopic (exact) mass is 276 g/mol. The summed E-state index contributed by atoms with van der Waals surface area (Å²) in [5.41, 5.74) is 0.398. The van der Waals surface area contributed by atoms with Crippen molar-refractivity contribution in [2.24, 2.45) is 0 Å². The van der Waals surface area contributed by atoms with Crippen LogP contribution in [0.25, 0.3) is 0 Å². The molecule has 0 atom stereocenters. The smallest absolute Gasteiger partial charge is 0.413 e. The Morgan fingerprint density at radius 1 is 1.44 bits per heavy atom. The van der Waals surface area contributed by atoms with Gasteiger partial charge in [-0.2, -0.15) is 8.78 Å². The van der Waals surface area contributed by atoms with Gasteiger partial charge in [-0.1, -0.05) is 6.07 Å². The molecule has 0 aliphatic rings. The van der Waals surface area contributed by atoms with E-state index in [-0.39, 0.29) is 10.9 Å².